The number of H-pyrrole nitrogens is 1. The number of hydrogen-bond acceptors (Lipinski definition) is 4. The summed E-state index contributed by atoms with van der Waals surface area (Å²) in [4.78, 5) is 32.7. The minimum Gasteiger partial charge on any atom is -0.369 e. The monoisotopic (exact) mass is 544 g/mol. The Balaban J connectivity index is 1.57. The predicted octanol–water partition coefficient (Wildman–Crippen LogP) is 5.29. The van der Waals surface area contributed by atoms with Crippen molar-refractivity contribution in [3.8, 4) is 0 Å². The summed E-state index contributed by atoms with van der Waals surface area (Å²) >= 11 is 0. The number of aryl methyl sites for hydroxylation is 2. The molecule has 39 heavy (non-hydrogen) atoms. The fraction of sp³-hybridized carbons (Fsp3) is 0.533. The lowest BCUT2D eigenvalue weighted by atomic mass is 9.88. The number of pyridine rings is 1. The van der Waals surface area contributed by atoms with Crippen LogP contribution in [0.3, 0.4) is 0 Å². The van der Waals surface area contributed by atoms with Gasteiger partial charge in [0.05, 0.1) is 6.54 Å². The highest BCUT2D eigenvalue weighted by molar-refractivity contribution is 5.97. The molecule has 1 aliphatic heterocycles. The number of amides is 1. The van der Waals surface area contributed by atoms with Gasteiger partial charge in [0.15, 0.2) is 0 Å². The van der Waals surface area contributed by atoms with E-state index in [0.29, 0.717) is 36.8 Å². The van der Waals surface area contributed by atoms with Gasteiger partial charge in [-0.3, -0.25) is 14.5 Å². The fourth-order valence-corrected chi connectivity index (χ4v) is 6.14. The van der Waals surface area contributed by atoms with Gasteiger partial charge in [-0.1, -0.05) is 18.2 Å². The molecule has 4 rings (SSSR count). The Morgan fingerprint density at radius 3 is 2.44 bits per heavy atom. The van der Waals surface area contributed by atoms with Crippen LogP contribution >= 0.6 is 0 Å². The quantitative estimate of drug-likeness (QED) is 0.502. The third-order valence-electron chi connectivity index (χ3n) is 8.06. The van der Waals surface area contributed by atoms with E-state index in [1.165, 1.54) is 4.90 Å². The van der Waals surface area contributed by atoms with E-state index in [0.717, 1.165) is 48.3 Å². The van der Waals surface area contributed by atoms with Gasteiger partial charge in [-0.05, 0) is 95.2 Å². The van der Waals surface area contributed by atoms with Crippen molar-refractivity contribution in [2.24, 2.45) is 0 Å². The van der Waals surface area contributed by atoms with Crippen molar-refractivity contribution in [3.63, 3.8) is 0 Å². The minimum absolute atomic E-state index is 0.0820. The summed E-state index contributed by atoms with van der Waals surface area (Å²) in [6, 6.07) is 7.84. The van der Waals surface area contributed by atoms with Crippen LogP contribution < -0.4 is 15.8 Å². The Labute approximate surface area is 228 Å². The molecule has 0 atom stereocenters. The molecule has 2 aliphatic rings. The van der Waals surface area contributed by atoms with Crippen molar-refractivity contribution < 1.29 is 18.0 Å². The number of aromatic nitrogens is 1. The molecule has 9 heteroatoms. The van der Waals surface area contributed by atoms with Gasteiger partial charge in [0.2, 0.25) is 0 Å². The van der Waals surface area contributed by atoms with Crippen LogP contribution in [0, 0.1) is 6.92 Å². The second-order valence-electron chi connectivity index (χ2n) is 10.8. The summed E-state index contributed by atoms with van der Waals surface area (Å²) < 4.78 is 38.7. The number of halogens is 3. The van der Waals surface area contributed by atoms with E-state index in [-0.39, 0.29) is 30.1 Å². The summed E-state index contributed by atoms with van der Waals surface area (Å²) in [7, 11) is 1.56. The normalized spacial score (nSPS) is 20.4. The first-order valence-corrected chi connectivity index (χ1v) is 13.9. The SMILES string of the molecule is CCN(c1cccc2c1CC=CCCc1cc(C)[nH]c(=O)c1CNC2=O)[C@H]1CC[C@H](N(C)CC(F)(F)F)CC1. The summed E-state index contributed by atoms with van der Waals surface area (Å²) in [5.74, 6) is -0.222. The summed E-state index contributed by atoms with van der Waals surface area (Å²) in [5, 5.41) is 2.97. The molecule has 0 saturated heterocycles. The van der Waals surface area contributed by atoms with E-state index >= 15 is 0 Å². The molecular weight excluding hydrogens is 505 g/mol. The Morgan fingerprint density at radius 1 is 1.03 bits per heavy atom. The second-order valence-corrected chi connectivity index (χ2v) is 10.8. The number of aromatic amines is 1. The van der Waals surface area contributed by atoms with Crippen LogP contribution in [0.25, 0.3) is 0 Å². The molecule has 0 unspecified atom stereocenters. The van der Waals surface area contributed by atoms with Crippen LogP contribution in [0.2, 0.25) is 0 Å². The number of benzene rings is 1. The lowest BCUT2D eigenvalue weighted by Crippen LogP contribution is -2.45. The number of hydrogen-bond donors (Lipinski definition) is 2. The lowest BCUT2D eigenvalue weighted by molar-refractivity contribution is -0.148. The number of anilines is 1. The standard InChI is InChI=1S/C30H39F3N4O2/c1-4-37(23-15-13-22(14-16-23)36(3)19-30(31,32)33)27-12-8-11-25-24(27)10-7-5-6-9-21-17-20(2)35-29(39)26(21)18-34-28(25)38/h5,7-8,11-12,17,22-23H,4,6,9-10,13-16,18-19H2,1-3H3,(H,34,38)(H,35,39)/t22-,23-. The van der Waals surface area contributed by atoms with E-state index in [1.807, 2.05) is 31.2 Å². The van der Waals surface area contributed by atoms with Crippen LogP contribution in [0.4, 0.5) is 18.9 Å². The maximum Gasteiger partial charge on any atom is 0.401 e. The molecule has 1 saturated carbocycles. The second kappa shape index (κ2) is 12.4. The minimum atomic E-state index is -4.19. The number of allylic oxidation sites excluding steroid dienone is 2. The van der Waals surface area contributed by atoms with Gasteiger partial charge in [-0.2, -0.15) is 13.2 Å². The summed E-state index contributed by atoms with van der Waals surface area (Å²) in [6.07, 6.45) is 5.11. The van der Waals surface area contributed by atoms with Crippen molar-refractivity contribution in [3.05, 3.63) is 74.7 Å². The van der Waals surface area contributed by atoms with Crippen LogP contribution in [0.1, 0.15) is 71.8 Å². The highest BCUT2D eigenvalue weighted by Crippen LogP contribution is 2.34. The van der Waals surface area contributed by atoms with E-state index in [4.69, 9.17) is 0 Å². The molecule has 2 aromatic rings. The number of nitrogens with zero attached hydrogens (tertiary/aromatic N) is 2. The average Bonchev–Trinajstić information content (AvgIpc) is 2.87. The highest BCUT2D eigenvalue weighted by Gasteiger charge is 2.35. The molecule has 0 spiro atoms. The van der Waals surface area contributed by atoms with E-state index in [1.54, 1.807) is 7.05 Å². The third kappa shape index (κ3) is 7.12. The number of alkyl halides is 3. The first-order chi connectivity index (χ1) is 18.6. The molecule has 1 aliphatic carbocycles. The largest absolute Gasteiger partial charge is 0.401 e. The van der Waals surface area contributed by atoms with Gasteiger partial charge in [-0.25, -0.2) is 0 Å². The summed E-state index contributed by atoms with van der Waals surface area (Å²) in [6.45, 7) is 3.94. The predicted molar refractivity (Wildman–Crippen MR) is 148 cm³/mol. The summed E-state index contributed by atoms with van der Waals surface area (Å²) in [5.41, 5.74) is 4.67. The van der Waals surface area contributed by atoms with Crippen molar-refractivity contribution >= 4 is 11.6 Å². The van der Waals surface area contributed by atoms with Crippen molar-refractivity contribution in [1.82, 2.24) is 15.2 Å². The molecule has 1 aromatic heterocycles. The van der Waals surface area contributed by atoms with E-state index < -0.39 is 12.7 Å². The zero-order chi connectivity index (χ0) is 28.2. The van der Waals surface area contributed by atoms with E-state index in [2.05, 4.69) is 34.3 Å². The Kier molecular flexibility index (Phi) is 9.20. The van der Waals surface area contributed by atoms with Crippen molar-refractivity contribution in [2.45, 2.75) is 83.6 Å². The molecular formula is C30H39F3N4O2. The van der Waals surface area contributed by atoms with Crippen LogP contribution in [-0.4, -0.2) is 54.2 Å². The molecule has 1 amide bonds. The zero-order valence-electron chi connectivity index (χ0n) is 23.0. The maximum atomic E-state index is 13.4. The van der Waals surface area contributed by atoms with Gasteiger partial charge < -0.3 is 15.2 Å². The molecule has 1 fully saturated rings. The fourth-order valence-electron chi connectivity index (χ4n) is 6.14. The van der Waals surface area contributed by atoms with Crippen LogP contribution in [0.15, 0.2) is 41.2 Å². The van der Waals surface area contributed by atoms with Gasteiger partial charge in [-0.15, -0.1) is 0 Å². The van der Waals surface area contributed by atoms with E-state index in [9.17, 15) is 22.8 Å². The Bertz CT molecular complexity index is 1250. The Hall–Kier alpha value is -3.07. The van der Waals surface area contributed by atoms with Gasteiger partial charge in [0, 0.05) is 47.7 Å². The van der Waals surface area contributed by atoms with Crippen LogP contribution in [0.5, 0.6) is 0 Å². The molecule has 6 nitrogen and oxygen atoms in total. The number of carbonyl (C=O) groups excluding carboxylic acids is 1. The molecule has 0 bridgehead atoms. The number of nitrogens with one attached hydrogen (secondary N) is 2. The first-order valence-electron chi connectivity index (χ1n) is 13.9. The first kappa shape index (κ1) is 28.9. The maximum absolute atomic E-state index is 13.4. The molecule has 2 heterocycles. The van der Waals surface area contributed by atoms with Gasteiger partial charge in [0.1, 0.15) is 0 Å². The number of carbonyl (C=O) groups is 1. The highest BCUT2D eigenvalue weighted by atomic mass is 19.4. The average molecular weight is 545 g/mol. The third-order valence-corrected chi connectivity index (χ3v) is 8.06. The molecule has 212 valence electrons. The van der Waals surface area contributed by atoms with Crippen molar-refractivity contribution in [2.75, 3.05) is 25.0 Å². The number of fused-ring (bicyclic) bond motifs is 2. The van der Waals surface area contributed by atoms with Crippen LogP contribution in [-0.2, 0) is 19.4 Å². The molecule has 1 aromatic carbocycles. The number of rotatable bonds is 5. The smallest absolute Gasteiger partial charge is 0.369 e. The Morgan fingerprint density at radius 2 is 1.74 bits per heavy atom. The lowest BCUT2D eigenvalue weighted by Gasteiger charge is -2.41. The topological polar surface area (TPSA) is 68.4 Å². The van der Waals surface area contributed by atoms with Gasteiger partial charge in [0.25, 0.3) is 11.5 Å². The molecule has 2 N–H and O–H groups in total. The molecule has 0 radical (unpaired) electrons. The van der Waals surface area contributed by atoms with Gasteiger partial charge >= 0.3 is 6.18 Å². The zero-order valence-corrected chi connectivity index (χ0v) is 23.0. The van der Waals surface area contributed by atoms with Crippen molar-refractivity contribution in [1.29, 1.82) is 0 Å².